The largest absolute Gasteiger partial charge is 0.353 e. The first kappa shape index (κ1) is 17.7. The molecule has 0 aliphatic carbocycles. The zero-order valence-electron chi connectivity index (χ0n) is 15.6. The van der Waals surface area contributed by atoms with Crippen LogP contribution >= 0.6 is 0 Å². The lowest BCUT2D eigenvalue weighted by Crippen LogP contribution is -2.42. The van der Waals surface area contributed by atoms with Gasteiger partial charge in [-0.3, -0.25) is 4.79 Å². The van der Waals surface area contributed by atoms with Crippen LogP contribution in [0.2, 0.25) is 0 Å². The van der Waals surface area contributed by atoms with Gasteiger partial charge in [-0.15, -0.1) is 10.2 Å². The maximum Gasteiger partial charge on any atom is 0.225 e. The molecule has 0 unspecified atom stereocenters. The molecule has 0 N–H and O–H groups in total. The van der Waals surface area contributed by atoms with Crippen molar-refractivity contribution in [2.24, 2.45) is 5.92 Å². The molecule has 1 saturated heterocycles. The summed E-state index contributed by atoms with van der Waals surface area (Å²) in [5, 5.41) is 8.86. The lowest BCUT2D eigenvalue weighted by Gasteiger charge is -2.34. The minimum absolute atomic E-state index is 0.142. The molecule has 2 aromatic rings. The number of unbranched alkanes of at least 4 members (excludes halogenated alkanes) is 1. The van der Waals surface area contributed by atoms with Gasteiger partial charge >= 0.3 is 0 Å². The van der Waals surface area contributed by atoms with Gasteiger partial charge in [0.1, 0.15) is 5.82 Å². The second kappa shape index (κ2) is 7.85. The highest BCUT2D eigenvalue weighted by Gasteiger charge is 2.28. The quantitative estimate of drug-likeness (QED) is 0.809. The van der Waals surface area contributed by atoms with Gasteiger partial charge in [0.2, 0.25) is 5.91 Å². The van der Waals surface area contributed by atoms with Crippen molar-refractivity contribution in [3.8, 4) is 0 Å². The molecule has 1 aliphatic heterocycles. The van der Waals surface area contributed by atoms with E-state index in [0.29, 0.717) is 5.91 Å². The van der Waals surface area contributed by atoms with Crippen molar-refractivity contribution in [2.75, 3.05) is 31.6 Å². The Hall–Kier alpha value is -2.11. The van der Waals surface area contributed by atoms with E-state index in [9.17, 15) is 4.79 Å². The Labute approximate surface area is 149 Å². The van der Waals surface area contributed by atoms with Crippen LogP contribution in [0.5, 0.6) is 0 Å². The van der Waals surface area contributed by atoms with E-state index in [4.69, 9.17) is 0 Å². The second-order valence-corrected chi connectivity index (χ2v) is 6.93. The normalized spacial score (nSPS) is 15.7. The first-order valence-corrected chi connectivity index (χ1v) is 9.48. The third-order valence-electron chi connectivity index (χ3n) is 5.20. The van der Waals surface area contributed by atoms with E-state index in [-0.39, 0.29) is 5.92 Å². The van der Waals surface area contributed by atoms with Crippen molar-refractivity contribution in [3.63, 3.8) is 0 Å². The lowest BCUT2D eigenvalue weighted by molar-refractivity contribution is -0.134. The maximum atomic E-state index is 12.6. The number of amides is 1. The summed E-state index contributed by atoms with van der Waals surface area (Å²) in [5.74, 6) is 2.36. The van der Waals surface area contributed by atoms with Crippen LogP contribution in [0, 0.1) is 5.92 Å². The number of anilines is 1. The molecule has 1 aliphatic rings. The van der Waals surface area contributed by atoms with Gasteiger partial charge in [0.25, 0.3) is 0 Å². The van der Waals surface area contributed by atoms with Crippen LogP contribution in [-0.2, 0) is 11.2 Å². The number of carbonyl (C=O) groups excluding carboxylic acids is 1. The summed E-state index contributed by atoms with van der Waals surface area (Å²) in [6.07, 6.45) is 6.88. The molecule has 2 aromatic heterocycles. The second-order valence-electron chi connectivity index (χ2n) is 6.93. The van der Waals surface area contributed by atoms with Gasteiger partial charge in [-0.25, -0.2) is 0 Å². The van der Waals surface area contributed by atoms with Crippen LogP contribution in [0.3, 0.4) is 0 Å². The first-order valence-electron chi connectivity index (χ1n) is 9.48. The van der Waals surface area contributed by atoms with Crippen LogP contribution in [0.4, 0.5) is 5.82 Å². The number of hydrogen-bond donors (Lipinski definition) is 0. The summed E-state index contributed by atoms with van der Waals surface area (Å²) >= 11 is 0. The zero-order chi connectivity index (χ0) is 17.8. The van der Waals surface area contributed by atoms with Crippen LogP contribution in [-0.4, -0.2) is 52.1 Å². The minimum Gasteiger partial charge on any atom is -0.353 e. The van der Waals surface area contributed by atoms with Crippen molar-refractivity contribution < 1.29 is 4.79 Å². The summed E-state index contributed by atoms with van der Waals surface area (Å²) in [4.78, 5) is 16.8. The summed E-state index contributed by atoms with van der Waals surface area (Å²) in [5.41, 5.74) is 1.11. The summed E-state index contributed by atoms with van der Waals surface area (Å²) in [6, 6.07) is 4.14. The number of nitrogens with zero attached hydrogens (tertiary/aromatic N) is 5. The molecule has 1 fully saturated rings. The van der Waals surface area contributed by atoms with Gasteiger partial charge in [-0.1, -0.05) is 20.3 Å². The molecular weight excluding hydrogens is 314 g/mol. The molecule has 25 heavy (non-hydrogen) atoms. The Balaban J connectivity index is 1.67. The third kappa shape index (κ3) is 3.62. The molecule has 0 radical (unpaired) electrons. The highest BCUT2D eigenvalue weighted by Crippen LogP contribution is 2.26. The number of rotatable bonds is 6. The van der Waals surface area contributed by atoms with Gasteiger partial charge in [-0.2, -0.15) is 0 Å². The molecular formula is C19H29N5O. The molecule has 0 bridgehead atoms. The first-order chi connectivity index (χ1) is 12.2. The smallest absolute Gasteiger partial charge is 0.225 e. The number of fused-ring (bicyclic) bond motifs is 1. The molecule has 0 saturated carbocycles. The molecule has 6 nitrogen and oxygen atoms in total. The van der Waals surface area contributed by atoms with Crippen LogP contribution < -0.4 is 4.90 Å². The Morgan fingerprint density at radius 3 is 2.72 bits per heavy atom. The SMILES string of the molecule is CCCCN(C)C(=O)C1CCN(c2nnc(CC)n3cccc23)CC1. The molecule has 0 atom stereocenters. The number of hydrogen-bond acceptors (Lipinski definition) is 4. The molecule has 1 amide bonds. The fourth-order valence-corrected chi connectivity index (χ4v) is 3.61. The number of aromatic nitrogens is 3. The molecule has 6 heteroatoms. The highest BCUT2D eigenvalue weighted by molar-refractivity contribution is 5.79. The standard InChI is InChI=1S/C19H29N5O/c1-4-6-11-22(3)19(25)15-9-13-23(14-10-15)18-16-8-7-12-24(16)17(5-2)20-21-18/h7-8,12,15H,4-6,9-11,13-14H2,1-3H3. The molecule has 3 heterocycles. The lowest BCUT2D eigenvalue weighted by atomic mass is 9.95. The average molecular weight is 343 g/mol. The van der Waals surface area contributed by atoms with E-state index in [2.05, 4.69) is 39.4 Å². The minimum atomic E-state index is 0.142. The van der Waals surface area contributed by atoms with Gasteiger partial charge in [0.15, 0.2) is 5.82 Å². The van der Waals surface area contributed by atoms with Gasteiger partial charge in [-0.05, 0) is 31.4 Å². The fraction of sp³-hybridized carbons (Fsp3) is 0.632. The monoisotopic (exact) mass is 343 g/mol. The van der Waals surface area contributed by atoms with E-state index in [1.807, 2.05) is 24.2 Å². The molecule has 136 valence electrons. The highest BCUT2D eigenvalue weighted by atomic mass is 16.2. The van der Waals surface area contributed by atoms with Gasteiger partial charge in [0, 0.05) is 45.2 Å². The van der Waals surface area contributed by atoms with E-state index in [1.54, 1.807) is 0 Å². The number of piperidine rings is 1. The van der Waals surface area contributed by atoms with Crippen LogP contribution in [0.15, 0.2) is 18.3 Å². The molecule has 0 aromatic carbocycles. The maximum absolute atomic E-state index is 12.6. The Morgan fingerprint density at radius 2 is 2.04 bits per heavy atom. The predicted octanol–water partition coefficient (Wildman–Crippen LogP) is 2.77. The Bertz CT molecular complexity index is 718. The van der Waals surface area contributed by atoms with Crippen molar-refractivity contribution >= 4 is 17.2 Å². The van der Waals surface area contributed by atoms with Crippen molar-refractivity contribution in [3.05, 3.63) is 24.2 Å². The Morgan fingerprint density at radius 1 is 1.28 bits per heavy atom. The molecule has 3 rings (SSSR count). The molecule has 0 spiro atoms. The van der Waals surface area contributed by atoms with E-state index in [1.165, 1.54) is 0 Å². The summed E-state index contributed by atoms with van der Waals surface area (Å²) in [6.45, 7) is 6.83. The van der Waals surface area contributed by atoms with Gasteiger partial charge < -0.3 is 14.2 Å². The van der Waals surface area contributed by atoms with Gasteiger partial charge in [0.05, 0.1) is 5.52 Å². The van der Waals surface area contributed by atoms with E-state index in [0.717, 1.165) is 68.9 Å². The predicted molar refractivity (Wildman–Crippen MR) is 99.8 cm³/mol. The van der Waals surface area contributed by atoms with E-state index < -0.39 is 0 Å². The average Bonchev–Trinajstić information content (AvgIpc) is 3.14. The number of carbonyl (C=O) groups is 1. The summed E-state index contributed by atoms with van der Waals surface area (Å²) in [7, 11) is 1.93. The van der Waals surface area contributed by atoms with Crippen LogP contribution in [0.25, 0.3) is 5.52 Å². The summed E-state index contributed by atoms with van der Waals surface area (Å²) < 4.78 is 2.12. The van der Waals surface area contributed by atoms with E-state index >= 15 is 0 Å². The van der Waals surface area contributed by atoms with Crippen molar-refractivity contribution in [1.82, 2.24) is 19.5 Å². The topological polar surface area (TPSA) is 53.7 Å². The number of aryl methyl sites for hydroxylation is 1. The zero-order valence-corrected chi connectivity index (χ0v) is 15.6. The van der Waals surface area contributed by atoms with Crippen molar-refractivity contribution in [1.29, 1.82) is 0 Å². The van der Waals surface area contributed by atoms with Crippen LogP contribution in [0.1, 0.15) is 45.4 Å². The Kier molecular flexibility index (Phi) is 5.56. The van der Waals surface area contributed by atoms with Crippen molar-refractivity contribution in [2.45, 2.75) is 46.0 Å². The fourth-order valence-electron chi connectivity index (χ4n) is 3.61. The third-order valence-corrected chi connectivity index (χ3v) is 5.20.